The van der Waals surface area contributed by atoms with Gasteiger partial charge >= 0.3 is 0 Å². The van der Waals surface area contributed by atoms with Crippen LogP contribution in [0.3, 0.4) is 0 Å². The second-order valence-electron chi connectivity index (χ2n) is 3.14. The molecule has 0 aliphatic heterocycles. The number of anilines is 1. The third-order valence-corrected chi connectivity index (χ3v) is 2.63. The molecule has 1 heterocycles. The number of rotatable bonds is 4. The molecule has 5 heteroatoms. The minimum Gasteiger partial charge on any atom is -0.384 e. The highest BCUT2D eigenvalue weighted by atomic mass is 32.1. The highest BCUT2D eigenvalue weighted by Gasteiger charge is 2.04. The predicted octanol–water partition coefficient (Wildman–Crippen LogP) is 1.62. The molecule has 0 bridgehead atoms. The Labute approximate surface area is 98.7 Å². The molecule has 2 N–H and O–H groups in total. The number of nitrogens with one attached hydrogen (secondary N) is 1. The van der Waals surface area contributed by atoms with E-state index < -0.39 is 0 Å². The third kappa shape index (κ3) is 4.43. The molecule has 0 fully saturated rings. The molecule has 1 rings (SSSR count). The van der Waals surface area contributed by atoms with Gasteiger partial charge in [-0.05, 0) is 6.42 Å². The molecule has 0 unspecified atom stereocenters. The van der Waals surface area contributed by atoms with Gasteiger partial charge in [0.1, 0.15) is 6.61 Å². The standard InChI is InChI=1S/C11H14N2O2S/c1-2-3-6-10(15)13-11-12-8-9(16-11)5-4-7-14/h8,14H,2-3,6-7H2,1H3,(H,12,13,15). The van der Waals surface area contributed by atoms with E-state index in [0.29, 0.717) is 11.6 Å². The molecule has 0 aliphatic carbocycles. The monoisotopic (exact) mass is 238 g/mol. The van der Waals surface area contributed by atoms with Crippen molar-refractivity contribution in [1.29, 1.82) is 0 Å². The average molecular weight is 238 g/mol. The Hall–Kier alpha value is -1.38. The number of hydrogen-bond acceptors (Lipinski definition) is 4. The van der Waals surface area contributed by atoms with Gasteiger partial charge in [0.15, 0.2) is 5.13 Å². The summed E-state index contributed by atoms with van der Waals surface area (Å²) >= 11 is 1.31. The highest BCUT2D eigenvalue weighted by Crippen LogP contribution is 2.17. The second kappa shape index (κ2) is 6.99. The summed E-state index contributed by atoms with van der Waals surface area (Å²) < 4.78 is 0. The first-order chi connectivity index (χ1) is 7.76. The van der Waals surface area contributed by atoms with E-state index in [9.17, 15) is 4.79 Å². The molecule has 0 radical (unpaired) electrons. The van der Waals surface area contributed by atoms with Gasteiger partial charge < -0.3 is 10.4 Å². The van der Waals surface area contributed by atoms with Crippen molar-refractivity contribution in [2.45, 2.75) is 26.2 Å². The zero-order chi connectivity index (χ0) is 11.8. The quantitative estimate of drug-likeness (QED) is 0.783. The fourth-order valence-corrected chi connectivity index (χ4v) is 1.74. The van der Waals surface area contributed by atoms with Crippen molar-refractivity contribution in [2.24, 2.45) is 0 Å². The summed E-state index contributed by atoms with van der Waals surface area (Å²) in [5.41, 5.74) is 0. The SMILES string of the molecule is CCCCC(=O)Nc1ncc(C#CCO)s1. The Morgan fingerprint density at radius 1 is 1.69 bits per heavy atom. The summed E-state index contributed by atoms with van der Waals surface area (Å²) in [6.45, 7) is 1.87. The first-order valence-electron chi connectivity index (χ1n) is 5.11. The van der Waals surface area contributed by atoms with Crippen LogP contribution in [0.4, 0.5) is 5.13 Å². The molecule has 0 spiro atoms. The zero-order valence-corrected chi connectivity index (χ0v) is 9.93. The lowest BCUT2D eigenvalue weighted by Crippen LogP contribution is -2.10. The maximum absolute atomic E-state index is 11.4. The lowest BCUT2D eigenvalue weighted by molar-refractivity contribution is -0.116. The van der Waals surface area contributed by atoms with Gasteiger partial charge in [0.25, 0.3) is 0 Å². The molecule has 1 aromatic heterocycles. The average Bonchev–Trinajstić information content (AvgIpc) is 2.71. The van der Waals surface area contributed by atoms with Crippen molar-refractivity contribution in [1.82, 2.24) is 4.98 Å². The molecule has 86 valence electrons. The van der Waals surface area contributed by atoms with Crippen LogP contribution in [0.25, 0.3) is 0 Å². The molecule has 0 atom stereocenters. The van der Waals surface area contributed by atoms with Gasteiger partial charge in [0, 0.05) is 6.42 Å². The summed E-state index contributed by atoms with van der Waals surface area (Å²) in [5.74, 6) is 5.25. The fourth-order valence-electron chi connectivity index (χ4n) is 1.04. The van der Waals surface area contributed by atoms with Crippen LogP contribution in [0, 0.1) is 11.8 Å². The normalized spacial score (nSPS) is 9.38. The Balaban J connectivity index is 2.48. The van der Waals surface area contributed by atoms with Crippen molar-refractivity contribution in [3.63, 3.8) is 0 Å². The molecule has 0 aromatic carbocycles. The van der Waals surface area contributed by atoms with Gasteiger partial charge in [0.2, 0.25) is 5.91 Å². The number of thiazole rings is 1. The lowest BCUT2D eigenvalue weighted by Gasteiger charge is -1.98. The second-order valence-corrected chi connectivity index (χ2v) is 4.17. The van der Waals surface area contributed by atoms with Crippen LogP contribution in [0.5, 0.6) is 0 Å². The van der Waals surface area contributed by atoms with Crippen molar-refractivity contribution >= 4 is 22.4 Å². The Kier molecular flexibility index (Phi) is 5.54. The zero-order valence-electron chi connectivity index (χ0n) is 9.12. The summed E-state index contributed by atoms with van der Waals surface area (Å²) in [6, 6.07) is 0. The Bertz CT molecular complexity index is 404. The smallest absolute Gasteiger partial charge is 0.226 e. The van der Waals surface area contributed by atoms with Gasteiger partial charge in [-0.2, -0.15) is 0 Å². The molecule has 16 heavy (non-hydrogen) atoms. The molecule has 0 aliphatic rings. The first-order valence-corrected chi connectivity index (χ1v) is 5.93. The topological polar surface area (TPSA) is 62.2 Å². The van der Waals surface area contributed by atoms with Crippen LogP contribution in [-0.2, 0) is 4.79 Å². The lowest BCUT2D eigenvalue weighted by atomic mass is 10.2. The van der Waals surface area contributed by atoms with E-state index in [1.165, 1.54) is 11.3 Å². The summed E-state index contributed by atoms with van der Waals surface area (Å²) in [5, 5.41) is 11.8. The number of aliphatic hydroxyl groups excluding tert-OH is 1. The molecular weight excluding hydrogens is 224 g/mol. The fraction of sp³-hybridized carbons (Fsp3) is 0.455. The molecular formula is C11H14N2O2S. The summed E-state index contributed by atoms with van der Waals surface area (Å²) in [4.78, 5) is 16.1. The van der Waals surface area contributed by atoms with Crippen LogP contribution in [0.2, 0.25) is 0 Å². The first kappa shape index (κ1) is 12.7. The van der Waals surface area contributed by atoms with E-state index in [0.717, 1.165) is 17.7 Å². The molecule has 0 saturated carbocycles. The van der Waals surface area contributed by atoms with Crippen molar-refractivity contribution in [3.05, 3.63) is 11.1 Å². The Morgan fingerprint density at radius 3 is 3.19 bits per heavy atom. The van der Waals surface area contributed by atoms with E-state index in [1.807, 2.05) is 6.92 Å². The van der Waals surface area contributed by atoms with E-state index >= 15 is 0 Å². The van der Waals surface area contributed by atoms with E-state index in [1.54, 1.807) is 6.20 Å². The summed E-state index contributed by atoms with van der Waals surface area (Å²) in [7, 11) is 0. The van der Waals surface area contributed by atoms with Crippen molar-refractivity contribution < 1.29 is 9.90 Å². The van der Waals surface area contributed by atoms with Crippen molar-refractivity contribution in [3.8, 4) is 11.8 Å². The van der Waals surface area contributed by atoms with Crippen LogP contribution < -0.4 is 5.32 Å². The van der Waals surface area contributed by atoms with Gasteiger partial charge in [-0.3, -0.25) is 4.79 Å². The number of nitrogens with zero attached hydrogens (tertiary/aromatic N) is 1. The van der Waals surface area contributed by atoms with Gasteiger partial charge in [0.05, 0.1) is 11.1 Å². The molecule has 1 aromatic rings. The number of carbonyl (C=O) groups excluding carboxylic acids is 1. The van der Waals surface area contributed by atoms with Crippen LogP contribution in [0.1, 0.15) is 31.1 Å². The van der Waals surface area contributed by atoms with E-state index in [4.69, 9.17) is 5.11 Å². The largest absolute Gasteiger partial charge is 0.384 e. The molecule has 1 amide bonds. The van der Waals surface area contributed by atoms with E-state index in [2.05, 4.69) is 22.1 Å². The minimum atomic E-state index is -0.171. The molecule has 4 nitrogen and oxygen atoms in total. The number of carbonyl (C=O) groups is 1. The number of aliphatic hydroxyl groups is 1. The minimum absolute atomic E-state index is 0.0159. The van der Waals surface area contributed by atoms with Crippen LogP contribution >= 0.6 is 11.3 Å². The van der Waals surface area contributed by atoms with Gasteiger partial charge in [-0.25, -0.2) is 4.98 Å². The maximum Gasteiger partial charge on any atom is 0.226 e. The number of unbranched alkanes of at least 4 members (excludes halogenated alkanes) is 1. The van der Waals surface area contributed by atoms with Crippen molar-refractivity contribution in [2.75, 3.05) is 11.9 Å². The van der Waals surface area contributed by atoms with Crippen LogP contribution in [0.15, 0.2) is 6.20 Å². The van der Waals surface area contributed by atoms with Crippen LogP contribution in [-0.4, -0.2) is 22.6 Å². The number of amides is 1. The molecule has 0 saturated heterocycles. The van der Waals surface area contributed by atoms with E-state index in [-0.39, 0.29) is 12.5 Å². The summed E-state index contributed by atoms with van der Waals surface area (Å²) in [6.07, 6.45) is 3.99. The maximum atomic E-state index is 11.4. The van der Waals surface area contributed by atoms with Gasteiger partial charge in [-0.1, -0.05) is 36.5 Å². The predicted molar refractivity (Wildman–Crippen MR) is 64.2 cm³/mol. The van der Waals surface area contributed by atoms with Gasteiger partial charge in [-0.15, -0.1) is 0 Å². The number of aromatic nitrogens is 1. The highest BCUT2D eigenvalue weighted by molar-refractivity contribution is 7.16. The number of hydrogen-bond donors (Lipinski definition) is 2. The Morgan fingerprint density at radius 2 is 2.50 bits per heavy atom. The third-order valence-electron chi connectivity index (χ3n) is 1.80.